The Bertz CT molecular complexity index is 1250. The lowest BCUT2D eigenvalue weighted by molar-refractivity contribution is -0.0732. The normalized spacial score (nSPS) is 21.1. The van der Waals surface area contributed by atoms with Crippen LogP contribution in [0.25, 0.3) is 21.9 Å². The summed E-state index contributed by atoms with van der Waals surface area (Å²) in [7, 11) is 1.77. The van der Waals surface area contributed by atoms with Crippen molar-refractivity contribution in [1.82, 2.24) is 9.88 Å². The molecule has 0 bridgehead atoms. The minimum atomic E-state index is -0.992. The number of aromatic nitrogens is 1. The molecular formula is C29H36N2O4. The van der Waals surface area contributed by atoms with Gasteiger partial charge >= 0.3 is 0 Å². The van der Waals surface area contributed by atoms with Crippen molar-refractivity contribution in [2.24, 2.45) is 13.0 Å². The van der Waals surface area contributed by atoms with Gasteiger partial charge in [-0.1, -0.05) is 24.3 Å². The smallest absolute Gasteiger partial charge is 0.258 e. The molecule has 0 spiro atoms. The number of nitrogens with one attached hydrogen (secondary N) is 1. The fourth-order valence-corrected chi connectivity index (χ4v) is 5.10. The molecule has 6 nitrogen and oxygen atoms in total. The van der Waals surface area contributed by atoms with Crippen LogP contribution in [-0.2, 0) is 17.4 Å². The van der Waals surface area contributed by atoms with E-state index in [2.05, 4.69) is 5.32 Å². The van der Waals surface area contributed by atoms with Crippen molar-refractivity contribution in [2.45, 2.75) is 57.3 Å². The van der Waals surface area contributed by atoms with Gasteiger partial charge in [0.1, 0.15) is 11.9 Å². The number of aliphatic hydroxyl groups is 1. The van der Waals surface area contributed by atoms with Crippen molar-refractivity contribution >= 4 is 10.8 Å². The first kappa shape index (κ1) is 24.0. The fourth-order valence-electron chi connectivity index (χ4n) is 5.10. The maximum absolute atomic E-state index is 12.7. The van der Waals surface area contributed by atoms with E-state index in [1.54, 1.807) is 25.5 Å². The average Bonchev–Trinajstić information content (AvgIpc) is 2.83. The van der Waals surface area contributed by atoms with Crippen LogP contribution in [0.2, 0.25) is 0 Å². The van der Waals surface area contributed by atoms with Crippen LogP contribution in [0.5, 0.6) is 5.75 Å². The number of fused-ring (bicyclic) bond motifs is 1. The molecule has 1 aliphatic carbocycles. The number of pyridine rings is 1. The molecule has 5 rings (SSSR count). The molecule has 1 saturated carbocycles. The molecule has 2 heterocycles. The maximum Gasteiger partial charge on any atom is 0.258 e. The quantitative estimate of drug-likeness (QED) is 0.530. The van der Waals surface area contributed by atoms with E-state index in [-0.39, 0.29) is 17.8 Å². The molecule has 2 aromatic carbocycles. The van der Waals surface area contributed by atoms with Crippen LogP contribution >= 0.6 is 0 Å². The summed E-state index contributed by atoms with van der Waals surface area (Å²) in [6.07, 6.45) is 6.36. The van der Waals surface area contributed by atoms with Gasteiger partial charge in [-0.25, -0.2) is 0 Å². The molecule has 0 amide bonds. The summed E-state index contributed by atoms with van der Waals surface area (Å²) in [6, 6.07) is 13.5. The Morgan fingerprint density at radius 3 is 2.46 bits per heavy atom. The van der Waals surface area contributed by atoms with Gasteiger partial charge in [0.2, 0.25) is 0 Å². The number of ether oxygens (including phenoxy) is 2. The van der Waals surface area contributed by atoms with Crippen molar-refractivity contribution in [2.75, 3.05) is 19.7 Å². The number of aryl methyl sites for hydroxylation is 1. The van der Waals surface area contributed by atoms with Gasteiger partial charge in [0.15, 0.2) is 0 Å². The van der Waals surface area contributed by atoms with E-state index in [1.165, 1.54) is 12.8 Å². The van der Waals surface area contributed by atoms with E-state index in [0.717, 1.165) is 60.4 Å². The van der Waals surface area contributed by atoms with Crippen LogP contribution in [0.4, 0.5) is 0 Å². The Morgan fingerprint density at radius 2 is 1.74 bits per heavy atom. The molecule has 35 heavy (non-hydrogen) atoms. The van der Waals surface area contributed by atoms with E-state index in [9.17, 15) is 9.90 Å². The van der Waals surface area contributed by atoms with E-state index < -0.39 is 5.60 Å². The third-order valence-corrected chi connectivity index (χ3v) is 7.44. The summed E-state index contributed by atoms with van der Waals surface area (Å²) in [6.45, 7) is 6.58. The van der Waals surface area contributed by atoms with Crippen molar-refractivity contribution in [1.29, 1.82) is 0 Å². The molecule has 2 aliphatic rings. The van der Waals surface area contributed by atoms with E-state index >= 15 is 0 Å². The van der Waals surface area contributed by atoms with Gasteiger partial charge in [-0.3, -0.25) is 4.79 Å². The second-order valence-corrected chi connectivity index (χ2v) is 10.6. The van der Waals surface area contributed by atoms with Crippen molar-refractivity contribution in [3.8, 4) is 16.9 Å². The molecule has 2 N–H and O–H groups in total. The first-order valence-corrected chi connectivity index (χ1v) is 12.7. The highest BCUT2D eigenvalue weighted by atomic mass is 16.5. The van der Waals surface area contributed by atoms with Crippen molar-refractivity contribution in [3.05, 3.63) is 64.6 Å². The van der Waals surface area contributed by atoms with E-state index in [0.29, 0.717) is 11.3 Å². The average molecular weight is 477 g/mol. The molecule has 186 valence electrons. The van der Waals surface area contributed by atoms with Crippen LogP contribution in [0.15, 0.2) is 53.5 Å². The van der Waals surface area contributed by atoms with Gasteiger partial charge < -0.3 is 24.5 Å². The second kappa shape index (κ2) is 9.76. The summed E-state index contributed by atoms with van der Waals surface area (Å²) < 4.78 is 14.3. The molecule has 0 radical (unpaired) electrons. The minimum Gasteiger partial charge on any atom is -0.490 e. The van der Waals surface area contributed by atoms with E-state index in [4.69, 9.17) is 9.47 Å². The number of benzene rings is 2. The first-order valence-electron chi connectivity index (χ1n) is 12.7. The Balaban J connectivity index is 1.40. The zero-order valence-corrected chi connectivity index (χ0v) is 20.9. The van der Waals surface area contributed by atoms with E-state index in [1.807, 2.05) is 48.7 Å². The van der Waals surface area contributed by atoms with Gasteiger partial charge in [-0.05, 0) is 74.8 Å². The highest BCUT2D eigenvalue weighted by Gasteiger charge is 2.33. The predicted octanol–water partition coefficient (Wildman–Crippen LogP) is 4.36. The minimum absolute atomic E-state index is 0.0295. The molecule has 3 aromatic rings. The summed E-state index contributed by atoms with van der Waals surface area (Å²) in [5.41, 5.74) is 1.58. The third kappa shape index (κ3) is 5.15. The van der Waals surface area contributed by atoms with Crippen LogP contribution in [-0.4, -0.2) is 41.6 Å². The number of hydrogen-bond acceptors (Lipinski definition) is 5. The molecule has 0 atom stereocenters. The van der Waals surface area contributed by atoms with Crippen LogP contribution in [0, 0.1) is 5.92 Å². The number of rotatable bonds is 7. The molecule has 1 saturated heterocycles. The highest BCUT2D eigenvalue weighted by Crippen LogP contribution is 2.39. The standard InChI is InChI=1S/C29H36N2O4/c1-29(2,33)20-8-9-27(35-22-15-21(16-22)34-18-19-10-12-30-13-11-19)25(14-20)26-17-31(3)28(32)24-7-5-4-6-23(24)26/h4-9,14,17,19,21-22,30,33H,10-13,15-16,18H2,1-3H3/t21-,22+. The molecule has 6 heteroatoms. The Hall–Kier alpha value is -2.67. The van der Waals surface area contributed by atoms with Gasteiger partial charge in [0.25, 0.3) is 5.56 Å². The summed E-state index contributed by atoms with van der Waals surface area (Å²) >= 11 is 0. The van der Waals surface area contributed by atoms with Crippen LogP contribution in [0.3, 0.4) is 0 Å². The summed E-state index contributed by atoms with van der Waals surface area (Å²) in [5.74, 6) is 1.43. The Kier molecular flexibility index (Phi) is 6.71. The zero-order chi connectivity index (χ0) is 24.6. The molecular weight excluding hydrogens is 440 g/mol. The number of piperidine rings is 1. The lowest BCUT2D eigenvalue weighted by Crippen LogP contribution is -2.41. The zero-order valence-electron chi connectivity index (χ0n) is 20.9. The fraction of sp³-hybridized carbons (Fsp3) is 0.483. The monoisotopic (exact) mass is 476 g/mol. The molecule has 1 aliphatic heterocycles. The lowest BCUT2D eigenvalue weighted by Gasteiger charge is -2.37. The van der Waals surface area contributed by atoms with Gasteiger partial charge in [-0.15, -0.1) is 0 Å². The number of hydrogen-bond donors (Lipinski definition) is 2. The Morgan fingerprint density at radius 1 is 1.03 bits per heavy atom. The van der Waals surface area contributed by atoms with Gasteiger partial charge in [-0.2, -0.15) is 0 Å². The number of nitrogens with zero attached hydrogens (tertiary/aromatic N) is 1. The van der Waals surface area contributed by atoms with Crippen LogP contribution in [0.1, 0.15) is 45.1 Å². The lowest BCUT2D eigenvalue weighted by atomic mass is 9.90. The topological polar surface area (TPSA) is 72.7 Å². The molecule has 0 unspecified atom stereocenters. The summed E-state index contributed by atoms with van der Waals surface area (Å²) in [4.78, 5) is 12.7. The van der Waals surface area contributed by atoms with Crippen molar-refractivity contribution < 1.29 is 14.6 Å². The highest BCUT2D eigenvalue weighted by molar-refractivity contribution is 5.97. The summed E-state index contributed by atoms with van der Waals surface area (Å²) in [5, 5.41) is 15.6. The maximum atomic E-state index is 12.7. The third-order valence-electron chi connectivity index (χ3n) is 7.44. The molecule has 1 aromatic heterocycles. The van der Waals surface area contributed by atoms with Gasteiger partial charge in [0, 0.05) is 49.2 Å². The van der Waals surface area contributed by atoms with Crippen molar-refractivity contribution in [3.63, 3.8) is 0 Å². The SMILES string of the molecule is Cn1cc(-c2cc(C(C)(C)O)ccc2O[C@H]2C[C@@H](OCC3CCNCC3)C2)c2ccccc2c1=O. The Labute approximate surface area is 206 Å². The predicted molar refractivity (Wildman–Crippen MR) is 139 cm³/mol. The van der Waals surface area contributed by atoms with Crippen LogP contribution < -0.4 is 15.6 Å². The largest absolute Gasteiger partial charge is 0.490 e. The first-order chi connectivity index (χ1) is 16.8. The second-order valence-electron chi connectivity index (χ2n) is 10.6. The van der Waals surface area contributed by atoms with Gasteiger partial charge in [0.05, 0.1) is 11.7 Å². The molecule has 2 fully saturated rings.